The Bertz CT molecular complexity index is 996. The Kier molecular flexibility index (Phi) is 2.56. The molecule has 0 fully saturated rings. The van der Waals surface area contributed by atoms with Gasteiger partial charge in [-0.2, -0.15) is 0 Å². The topological polar surface area (TPSA) is 0 Å². The molecular weight excluding hydrogens is 384 g/mol. The highest BCUT2D eigenvalue weighted by Crippen LogP contribution is 2.68. The second-order valence-electron chi connectivity index (χ2n) is 6.26. The van der Waals surface area contributed by atoms with E-state index in [0.717, 1.165) is 0 Å². The minimum atomic E-state index is 0.453. The normalized spacial score (nSPS) is 25.6. The zero-order valence-corrected chi connectivity index (χ0v) is 15.3. The van der Waals surface area contributed by atoms with Gasteiger partial charge in [-0.05, 0) is 61.5 Å². The van der Waals surface area contributed by atoms with Gasteiger partial charge in [-0.1, -0.05) is 54.2 Å². The summed E-state index contributed by atoms with van der Waals surface area (Å²) in [5.41, 5.74) is 8.80. The molecule has 0 nitrogen and oxygen atoms in total. The van der Waals surface area contributed by atoms with Gasteiger partial charge in [0.1, 0.15) is 0 Å². The maximum absolute atomic E-state index is 3.64. The van der Waals surface area contributed by atoms with Gasteiger partial charge >= 0.3 is 0 Å². The third-order valence-electron chi connectivity index (χ3n) is 5.06. The molecule has 4 aliphatic rings. The Labute approximate surface area is 151 Å². The van der Waals surface area contributed by atoms with Gasteiger partial charge < -0.3 is 0 Å². The van der Waals surface area contributed by atoms with Crippen molar-refractivity contribution in [2.24, 2.45) is 0 Å². The Hall–Kier alpha value is -1.16. The van der Waals surface area contributed by atoms with Crippen LogP contribution >= 0.6 is 39.5 Å². The first-order valence-corrected chi connectivity index (χ1v) is 10.2. The quantitative estimate of drug-likeness (QED) is 0.529. The lowest BCUT2D eigenvalue weighted by Crippen LogP contribution is -2.03. The number of allylic oxidation sites excluding steroid dienone is 2. The molecule has 2 heterocycles. The molecule has 0 bridgehead atoms. The number of rotatable bonds is 1. The fourth-order valence-electron chi connectivity index (χ4n) is 4.06. The largest absolute Gasteiger partial charge is 0.106 e. The molecule has 2 aliphatic heterocycles. The van der Waals surface area contributed by atoms with Crippen LogP contribution in [0.15, 0.2) is 62.8 Å². The molecule has 2 unspecified atom stereocenters. The van der Waals surface area contributed by atoms with E-state index in [1.165, 1.54) is 42.1 Å². The van der Waals surface area contributed by atoms with Gasteiger partial charge in [-0.25, -0.2) is 0 Å². The predicted octanol–water partition coefficient (Wildman–Crippen LogP) is 6.67. The molecule has 0 N–H and O–H groups in total. The van der Waals surface area contributed by atoms with E-state index in [1.54, 1.807) is 4.91 Å². The van der Waals surface area contributed by atoms with Crippen molar-refractivity contribution in [2.45, 2.75) is 11.2 Å². The molecule has 23 heavy (non-hydrogen) atoms. The molecule has 6 rings (SSSR count). The van der Waals surface area contributed by atoms with Crippen LogP contribution in [0.1, 0.15) is 39.0 Å². The SMILES string of the molecule is BrC1=CC2=Cc3c(cccc3C3C4=C(S4)c4ccccc43)C2S1. The lowest BCUT2D eigenvalue weighted by molar-refractivity contribution is 1.03. The molecular formula is C20H11BrS2. The van der Waals surface area contributed by atoms with Crippen LogP contribution in [0.5, 0.6) is 0 Å². The van der Waals surface area contributed by atoms with Crippen molar-refractivity contribution in [3.63, 3.8) is 0 Å². The maximum Gasteiger partial charge on any atom is 0.0605 e. The van der Waals surface area contributed by atoms with E-state index in [2.05, 4.69) is 70.5 Å². The molecule has 0 radical (unpaired) electrons. The summed E-state index contributed by atoms with van der Waals surface area (Å²) < 4.78 is 1.25. The van der Waals surface area contributed by atoms with Crippen LogP contribution in [0.4, 0.5) is 0 Å². The van der Waals surface area contributed by atoms with Gasteiger partial charge in [0.15, 0.2) is 0 Å². The molecule has 2 aliphatic carbocycles. The Morgan fingerprint density at radius 3 is 2.65 bits per heavy atom. The minimum absolute atomic E-state index is 0.453. The molecule has 2 aromatic carbocycles. The van der Waals surface area contributed by atoms with Crippen LogP contribution in [0.25, 0.3) is 11.0 Å². The summed E-state index contributed by atoms with van der Waals surface area (Å²) in [4.78, 5) is 3.09. The first-order chi connectivity index (χ1) is 11.3. The van der Waals surface area contributed by atoms with E-state index in [-0.39, 0.29) is 0 Å². The first kappa shape index (κ1) is 13.2. The molecule has 2 atom stereocenters. The minimum Gasteiger partial charge on any atom is -0.106 e. The van der Waals surface area contributed by atoms with E-state index in [4.69, 9.17) is 0 Å². The predicted molar refractivity (Wildman–Crippen MR) is 105 cm³/mol. The average Bonchev–Trinajstić information content (AvgIpc) is 2.99. The highest BCUT2D eigenvalue weighted by molar-refractivity contribution is 9.14. The summed E-state index contributed by atoms with van der Waals surface area (Å²) >= 11 is 7.54. The second-order valence-corrected chi connectivity index (χ2v) is 9.83. The number of hydrogen-bond donors (Lipinski definition) is 0. The van der Waals surface area contributed by atoms with E-state index in [0.29, 0.717) is 11.2 Å². The molecule has 0 saturated heterocycles. The zero-order chi connectivity index (χ0) is 15.1. The van der Waals surface area contributed by atoms with Gasteiger partial charge in [0, 0.05) is 15.7 Å². The summed E-state index contributed by atoms with van der Waals surface area (Å²) in [6.45, 7) is 0. The fraction of sp³-hybridized carbons (Fsp3) is 0.100. The van der Waals surface area contributed by atoms with Gasteiger partial charge in [0.25, 0.3) is 0 Å². The zero-order valence-electron chi connectivity index (χ0n) is 12.0. The molecule has 3 heteroatoms. The number of hydrogen-bond acceptors (Lipinski definition) is 2. The maximum atomic E-state index is 3.64. The average molecular weight is 395 g/mol. The summed E-state index contributed by atoms with van der Waals surface area (Å²) in [7, 11) is 0. The second kappa shape index (κ2) is 4.47. The van der Waals surface area contributed by atoms with Crippen LogP contribution in [-0.4, -0.2) is 0 Å². The van der Waals surface area contributed by atoms with E-state index in [9.17, 15) is 0 Å². The summed E-state index contributed by atoms with van der Waals surface area (Å²) in [5, 5.41) is 0.483. The van der Waals surface area contributed by atoms with Crippen molar-refractivity contribution in [2.75, 3.05) is 0 Å². The molecule has 0 spiro atoms. The van der Waals surface area contributed by atoms with Crippen LogP contribution < -0.4 is 0 Å². The van der Waals surface area contributed by atoms with Crippen molar-refractivity contribution < 1.29 is 0 Å². The monoisotopic (exact) mass is 394 g/mol. The smallest absolute Gasteiger partial charge is 0.0605 e. The lowest BCUT2D eigenvalue weighted by atomic mass is 9.88. The van der Waals surface area contributed by atoms with Crippen LogP contribution in [0, 0.1) is 0 Å². The van der Waals surface area contributed by atoms with Crippen molar-refractivity contribution >= 4 is 50.4 Å². The first-order valence-electron chi connectivity index (χ1n) is 7.71. The number of thioether (sulfide) groups is 2. The number of fused-ring (bicyclic) bond motifs is 5. The third-order valence-corrected chi connectivity index (χ3v) is 8.06. The van der Waals surface area contributed by atoms with Gasteiger partial charge in [-0.3, -0.25) is 0 Å². The summed E-state index contributed by atoms with van der Waals surface area (Å²) in [6.07, 6.45) is 4.68. The van der Waals surface area contributed by atoms with E-state index < -0.39 is 0 Å². The Morgan fingerprint density at radius 1 is 0.870 bits per heavy atom. The van der Waals surface area contributed by atoms with Crippen LogP contribution in [0.3, 0.4) is 0 Å². The molecule has 0 amide bonds. The molecule has 110 valence electrons. The van der Waals surface area contributed by atoms with Crippen molar-refractivity contribution in [3.05, 3.63) is 90.7 Å². The molecule has 0 saturated carbocycles. The molecule has 2 aromatic rings. The lowest BCUT2D eigenvalue weighted by Gasteiger charge is -2.19. The third kappa shape index (κ3) is 1.71. The highest BCUT2D eigenvalue weighted by Gasteiger charge is 2.44. The van der Waals surface area contributed by atoms with Gasteiger partial charge in [-0.15, -0.1) is 11.8 Å². The standard InChI is InChI=1S/C20H11BrS2/c21-16-9-10-8-15-12(6-3-7-14(15)18(10)22-16)17-11-4-1-2-5-13(11)19-20(17)23-19/h1-9,17-18H. The number of halogens is 1. The Morgan fingerprint density at radius 2 is 1.70 bits per heavy atom. The Balaban J connectivity index is 1.56. The van der Waals surface area contributed by atoms with Crippen molar-refractivity contribution in [1.29, 1.82) is 0 Å². The van der Waals surface area contributed by atoms with E-state index in [1.807, 2.05) is 23.5 Å². The number of benzene rings is 2. The van der Waals surface area contributed by atoms with E-state index >= 15 is 0 Å². The molecule has 0 aromatic heterocycles. The van der Waals surface area contributed by atoms with Crippen LogP contribution in [0.2, 0.25) is 0 Å². The van der Waals surface area contributed by atoms with Crippen molar-refractivity contribution in [3.8, 4) is 0 Å². The van der Waals surface area contributed by atoms with Crippen LogP contribution in [-0.2, 0) is 0 Å². The summed E-state index contributed by atoms with van der Waals surface area (Å²) in [5.74, 6) is 0.453. The highest BCUT2D eigenvalue weighted by atomic mass is 79.9. The summed E-state index contributed by atoms with van der Waals surface area (Å²) in [6, 6.07) is 15.8. The van der Waals surface area contributed by atoms with Crippen molar-refractivity contribution in [1.82, 2.24) is 0 Å². The van der Waals surface area contributed by atoms with Gasteiger partial charge in [0.05, 0.1) is 9.06 Å². The van der Waals surface area contributed by atoms with Gasteiger partial charge in [0.2, 0.25) is 0 Å². The fourth-order valence-corrected chi connectivity index (χ4v) is 6.99.